The molecule has 2 amide bonds. The molecule has 3 heterocycles. The number of carbonyl (C=O) groups is 2. The lowest BCUT2D eigenvalue weighted by molar-refractivity contribution is 0.0625. The zero-order valence-electron chi connectivity index (χ0n) is 11.8. The summed E-state index contributed by atoms with van der Waals surface area (Å²) in [7, 11) is 0. The van der Waals surface area contributed by atoms with E-state index < -0.39 is 11.8 Å². The number of halogens is 2. The van der Waals surface area contributed by atoms with E-state index in [0.717, 1.165) is 4.90 Å². The van der Waals surface area contributed by atoms with E-state index in [1.165, 1.54) is 18.4 Å². The fourth-order valence-corrected chi connectivity index (χ4v) is 2.71. The Balaban J connectivity index is 1.62. The SMILES string of the molecule is O=C1c2cc(Cl)c(Cl)cc2C(=O)N1Cc1nc(-c2ccco2)no1. The zero-order chi connectivity index (χ0) is 16.8. The smallest absolute Gasteiger partial charge is 0.262 e. The van der Waals surface area contributed by atoms with Gasteiger partial charge in [-0.15, -0.1) is 0 Å². The summed E-state index contributed by atoms with van der Waals surface area (Å²) < 4.78 is 10.2. The average Bonchev–Trinajstić information content (AvgIpc) is 3.27. The second kappa shape index (κ2) is 5.47. The van der Waals surface area contributed by atoms with Gasteiger partial charge in [-0.05, 0) is 24.3 Å². The molecule has 1 aliphatic heterocycles. The third kappa shape index (κ3) is 2.29. The van der Waals surface area contributed by atoms with Crippen LogP contribution in [0.5, 0.6) is 0 Å². The molecule has 0 aliphatic carbocycles. The van der Waals surface area contributed by atoms with Crippen LogP contribution in [-0.4, -0.2) is 26.9 Å². The number of nitrogens with zero attached hydrogens (tertiary/aromatic N) is 3. The van der Waals surface area contributed by atoms with E-state index in [1.807, 2.05) is 0 Å². The molecule has 0 atom stereocenters. The third-order valence-electron chi connectivity index (χ3n) is 3.51. The number of amides is 2. The predicted molar refractivity (Wildman–Crippen MR) is 82.7 cm³/mol. The minimum Gasteiger partial charge on any atom is -0.461 e. The first kappa shape index (κ1) is 14.9. The summed E-state index contributed by atoms with van der Waals surface area (Å²) in [6.07, 6.45) is 1.48. The van der Waals surface area contributed by atoms with Gasteiger partial charge in [0, 0.05) is 0 Å². The van der Waals surface area contributed by atoms with Gasteiger partial charge in [-0.3, -0.25) is 14.5 Å². The first-order chi connectivity index (χ1) is 11.5. The summed E-state index contributed by atoms with van der Waals surface area (Å²) >= 11 is 11.8. The molecule has 0 saturated carbocycles. The Morgan fingerprint density at radius 3 is 2.33 bits per heavy atom. The molecule has 1 aromatic carbocycles. The molecule has 0 fully saturated rings. The Bertz CT molecular complexity index is 924. The van der Waals surface area contributed by atoms with Crippen molar-refractivity contribution >= 4 is 35.0 Å². The van der Waals surface area contributed by atoms with Crippen molar-refractivity contribution in [1.82, 2.24) is 15.0 Å². The van der Waals surface area contributed by atoms with Crippen molar-refractivity contribution in [1.29, 1.82) is 0 Å². The molecule has 0 bridgehead atoms. The van der Waals surface area contributed by atoms with Crippen LogP contribution >= 0.6 is 23.2 Å². The Morgan fingerprint density at radius 1 is 1.08 bits per heavy atom. The standard InChI is InChI=1S/C15H7Cl2N3O4/c16-9-4-7-8(5-10(9)17)15(22)20(14(7)21)6-12-18-13(19-24-12)11-2-1-3-23-11/h1-5H,6H2. The average molecular weight is 364 g/mol. The lowest BCUT2D eigenvalue weighted by Gasteiger charge is -2.09. The molecule has 4 rings (SSSR count). The van der Waals surface area contributed by atoms with Crippen LogP contribution in [0.4, 0.5) is 0 Å². The third-order valence-corrected chi connectivity index (χ3v) is 4.24. The van der Waals surface area contributed by atoms with Crippen molar-refractivity contribution in [3.8, 4) is 11.6 Å². The van der Waals surface area contributed by atoms with Crippen molar-refractivity contribution in [2.24, 2.45) is 0 Å². The molecule has 0 radical (unpaired) electrons. The Kier molecular flexibility index (Phi) is 3.40. The predicted octanol–water partition coefficient (Wildman–Crippen LogP) is 3.43. The fraction of sp³-hybridized carbons (Fsp3) is 0.0667. The summed E-state index contributed by atoms with van der Waals surface area (Å²) in [6, 6.07) is 6.10. The van der Waals surface area contributed by atoms with Crippen LogP contribution in [0, 0.1) is 0 Å². The molecule has 0 N–H and O–H groups in total. The van der Waals surface area contributed by atoms with Gasteiger partial charge in [0.2, 0.25) is 11.7 Å². The van der Waals surface area contributed by atoms with Crippen LogP contribution in [0.25, 0.3) is 11.6 Å². The maximum atomic E-state index is 12.4. The number of hydrogen-bond acceptors (Lipinski definition) is 6. The van der Waals surface area contributed by atoms with Gasteiger partial charge in [-0.2, -0.15) is 4.98 Å². The van der Waals surface area contributed by atoms with Gasteiger partial charge in [-0.25, -0.2) is 0 Å². The summed E-state index contributed by atoms with van der Waals surface area (Å²) in [5, 5.41) is 4.17. The summed E-state index contributed by atoms with van der Waals surface area (Å²) in [4.78, 5) is 29.9. The van der Waals surface area contributed by atoms with Gasteiger partial charge in [0.25, 0.3) is 11.8 Å². The van der Waals surface area contributed by atoms with Crippen LogP contribution in [0.15, 0.2) is 39.5 Å². The van der Waals surface area contributed by atoms with Gasteiger partial charge in [0.05, 0.1) is 27.4 Å². The lowest BCUT2D eigenvalue weighted by atomic mass is 10.1. The van der Waals surface area contributed by atoms with Crippen molar-refractivity contribution in [2.45, 2.75) is 6.54 Å². The Hall–Kier alpha value is -2.64. The Labute approximate surface area is 144 Å². The van der Waals surface area contributed by atoms with E-state index in [2.05, 4.69) is 10.1 Å². The molecule has 2 aromatic heterocycles. The summed E-state index contributed by atoms with van der Waals surface area (Å²) in [5.74, 6) is -0.227. The molecule has 0 unspecified atom stereocenters. The summed E-state index contributed by atoms with van der Waals surface area (Å²) in [6.45, 7) is -0.157. The molecule has 3 aromatic rings. The molecule has 120 valence electrons. The molecule has 7 nitrogen and oxygen atoms in total. The van der Waals surface area contributed by atoms with E-state index >= 15 is 0 Å². The number of carbonyl (C=O) groups excluding carboxylic acids is 2. The van der Waals surface area contributed by atoms with Crippen LogP contribution in [-0.2, 0) is 6.54 Å². The lowest BCUT2D eigenvalue weighted by Crippen LogP contribution is -2.29. The highest BCUT2D eigenvalue weighted by Crippen LogP contribution is 2.32. The second-order valence-electron chi connectivity index (χ2n) is 5.00. The largest absolute Gasteiger partial charge is 0.461 e. The fourth-order valence-electron chi connectivity index (χ4n) is 2.39. The number of benzene rings is 1. The van der Waals surface area contributed by atoms with Gasteiger partial charge < -0.3 is 8.94 Å². The summed E-state index contributed by atoms with van der Waals surface area (Å²) in [5.41, 5.74) is 0.389. The monoisotopic (exact) mass is 363 g/mol. The number of furan rings is 1. The second-order valence-corrected chi connectivity index (χ2v) is 5.81. The van der Waals surface area contributed by atoms with Crippen molar-refractivity contribution in [3.05, 3.63) is 57.6 Å². The highest BCUT2D eigenvalue weighted by atomic mass is 35.5. The van der Waals surface area contributed by atoms with Gasteiger partial charge in [0.1, 0.15) is 6.54 Å². The van der Waals surface area contributed by atoms with E-state index in [4.69, 9.17) is 32.1 Å². The first-order valence-electron chi connectivity index (χ1n) is 6.76. The molecule has 0 saturated heterocycles. The molecule has 24 heavy (non-hydrogen) atoms. The highest BCUT2D eigenvalue weighted by Gasteiger charge is 2.37. The normalized spacial score (nSPS) is 13.7. The topological polar surface area (TPSA) is 89.4 Å². The van der Waals surface area contributed by atoms with Gasteiger partial charge in [-0.1, -0.05) is 28.4 Å². The van der Waals surface area contributed by atoms with Gasteiger partial charge >= 0.3 is 0 Å². The van der Waals surface area contributed by atoms with Gasteiger partial charge in [0.15, 0.2) is 5.76 Å². The van der Waals surface area contributed by atoms with Crippen molar-refractivity contribution < 1.29 is 18.5 Å². The number of rotatable bonds is 3. The van der Waals surface area contributed by atoms with E-state index in [9.17, 15) is 9.59 Å². The highest BCUT2D eigenvalue weighted by molar-refractivity contribution is 6.43. The zero-order valence-corrected chi connectivity index (χ0v) is 13.3. The van der Waals surface area contributed by atoms with E-state index in [1.54, 1.807) is 12.1 Å². The molecular weight excluding hydrogens is 357 g/mol. The maximum Gasteiger partial charge on any atom is 0.262 e. The number of aromatic nitrogens is 2. The number of fused-ring (bicyclic) bond motifs is 1. The van der Waals surface area contributed by atoms with Crippen molar-refractivity contribution in [2.75, 3.05) is 0 Å². The van der Waals surface area contributed by atoms with E-state index in [-0.39, 0.29) is 39.4 Å². The molecule has 1 aliphatic rings. The number of hydrogen-bond donors (Lipinski definition) is 0. The van der Waals surface area contributed by atoms with Crippen LogP contribution in [0.3, 0.4) is 0 Å². The van der Waals surface area contributed by atoms with Crippen LogP contribution in [0.1, 0.15) is 26.6 Å². The van der Waals surface area contributed by atoms with Crippen LogP contribution in [0.2, 0.25) is 10.0 Å². The Morgan fingerprint density at radius 2 is 1.75 bits per heavy atom. The minimum absolute atomic E-state index is 0.105. The molecule has 9 heteroatoms. The minimum atomic E-state index is -0.494. The molecular formula is C15H7Cl2N3O4. The maximum absolute atomic E-state index is 12.4. The van der Waals surface area contributed by atoms with E-state index in [0.29, 0.717) is 5.76 Å². The van der Waals surface area contributed by atoms with Crippen molar-refractivity contribution in [3.63, 3.8) is 0 Å². The molecule has 0 spiro atoms. The van der Waals surface area contributed by atoms with Crippen LogP contribution < -0.4 is 0 Å². The number of imide groups is 1. The first-order valence-corrected chi connectivity index (χ1v) is 7.52. The quantitative estimate of drug-likeness (QED) is 0.662.